The number of benzene rings is 1. The third-order valence-corrected chi connectivity index (χ3v) is 3.37. The van der Waals surface area contributed by atoms with E-state index in [0.29, 0.717) is 0 Å². The summed E-state index contributed by atoms with van der Waals surface area (Å²) in [6.45, 7) is 1.05. The van der Waals surface area contributed by atoms with Gasteiger partial charge in [-0.15, -0.1) is 0 Å². The second-order valence-electron chi connectivity index (χ2n) is 4.86. The number of aryl methyl sites for hydroxylation is 1. The minimum absolute atomic E-state index is 0.0660. The summed E-state index contributed by atoms with van der Waals surface area (Å²) in [5.41, 5.74) is 1.17. The van der Waals surface area contributed by atoms with Gasteiger partial charge in [-0.25, -0.2) is 0 Å². The zero-order chi connectivity index (χ0) is 11.8. The van der Waals surface area contributed by atoms with Gasteiger partial charge in [0, 0.05) is 30.9 Å². The maximum absolute atomic E-state index is 11.9. The number of rotatable bonds is 3. The lowest BCUT2D eigenvalue weighted by atomic mass is 10.1. The molecule has 0 atom stereocenters. The lowest BCUT2D eigenvalue weighted by Gasteiger charge is -2.07. The SMILES string of the molecule is Cn1ccc2cc(NCC3CC3)ccc2c1=O. The molecule has 3 heteroatoms. The Hall–Kier alpha value is -1.77. The third-order valence-electron chi connectivity index (χ3n) is 3.37. The fourth-order valence-corrected chi connectivity index (χ4v) is 2.04. The molecule has 2 aromatic rings. The van der Waals surface area contributed by atoms with E-state index in [2.05, 4.69) is 11.4 Å². The van der Waals surface area contributed by atoms with Crippen LogP contribution in [0, 0.1) is 5.92 Å². The smallest absolute Gasteiger partial charge is 0.258 e. The molecule has 17 heavy (non-hydrogen) atoms. The molecule has 0 radical (unpaired) electrons. The molecule has 1 aromatic carbocycles. The molecule has 0 spiro atoms. The van der Waals surface area contributed by atoms with Crippen molar-refractivity contribution in [1.82, 2.24) is 4.57 Å². The van der Waals surface area contributed by atoms with Gasteiger partial charge in [-0.2, -0.15) is 0 Å². The lowest BCUT2D eigenvalue weighted by molar-refractivity contribution is 0.873. The van der Waals surface area contributed by atoms with Crippen molar-refractivity contribution in [2.45, 2.75) is 12.8 Å². The van der Waals surface area contributed by atoms with Crippen molar-refractivity contribution in [3.05, 3.63) is 40.8 Å². The molecule has 1 aliphatic rings. The first-order valence-electron chi connectivity index (χ1n) is 6.07. The summed E-state index contributed by atoms with van der Waals surface area (Å²) in [5, 5.41) is 5.22. The summed E-state index contributed by atoms with van der Waals surface area (Å²) in [7, 11) is 1.78. The first-order chi connectivity index (χ1) is 8.24. The Labute approximate surface area is 100 Å². The molecular formula is C14H16N2O. The Kier molecular flexibility index (Phi) is 2.39. The predicted molar refractivity (Wildman–Crippen MR) is 70.4 cm³/mol. The zero-order valence-corrected chi connectivity index (χ0v) is 9.94. The quantitative estimate of drug-likeness (QED) is 0.875. The predicted octanol–water partition coefficient (Wildman–Crippen LogP) is 2.36. The van der Waals surface area contributed by atoms with Crippen LogP contribution in [-0.2, 0) is 7.05 Å². The second kappa shape index (κ2) is 3.91. The van der Waals surface area contributed by atoms with Gasteiger partial charge >= 0.3 is 0 Å². The number of aromatic nitrogens is 1. The lowest BCUT2D eigenvalue weighted by Crippen LogP contribution is -2.15. The molecule has 88 valence electrons. The zero-order valence-electron chi connectivity index (χ0n) is 9.94. The van der Waals surface area contributed by atoms with E-state index in [9.17, 15) is 4.79 Å². The topological polar surface area (TPSA) is 34.0 Å². The van der Waals surface area contributed by atoms with Crippen LogP contribution in [-0.4, -0.2) is 11.1 Å². The fraction of sp³-hybridized carbons (Fsp3) is 0.357. The van der Waals surface area contributed by atoms with Crippen LogP contribution in [0.25, 0.3) is 10.8 Å². The molecular weight excluding hydrogens is 212 g/mol. The van der Waals surface area contributed by atoms with Crippen LogP contribution in [0.4, 0.5) is 5.69 Å². The Morgan fingerprint density at radius 3 is 2.94 bits per heavy atom. The van der Waals surface area contributed by atoms with E-state index in [1.807, 2.05) is 24.4 Å². The van der Waals surface area contributed by atoms with Crippen molar-refractivity contribution in [1.29, 1.82) is 0 Å². The van der Waals surface area contributed by atoms with Crippen molar-refractivity contribution < 1.29 is 0 Å². The van der Waals surface area contributed by atoms with Crippen molar-refractivity contribution in [2.24, 2.45) is 13.0 Å². The number of hydrogen-bond acceptors (Lipinski definition) is 2. The minimum atomic E-state index is 0.0660. The number of nitrogens with one attached hydrogen (secondary N) is 1. The fourth-order valence-electron chi connectivity index (χ4n) is 2.04. The van der Waals surface area contributed by atoms with E-state index in [1.165, 1.54) is 12.8 Å². The highest BCUT2D eigenvalue weighted by Crippen LogP contribution is 2.29. The van der Waals surface area contributed by atoms with E-state index in [1.54, 1.807) is 11.6 Å². The summed E-state index contributed by atoms with van der Waals surface area (Å²) >= 11 is 0. The molecule has 3 nitrogen and oxygen atoms in total. The number of nitrogens with zero attached hydrogens (tertiary/aromatic N) is 1. The first-order valence-corrected chi connectivity index (χ1v) is 6.07. The highest BCUT2D eigenvalue weighted by atomic mass is 16.1. The van der Waals surface area contributed by atoms with Crippen LogP contribution in [0.5, 0.6) is 0 Å². The van der Waals surface area contributed by atoms with Crippen LogP contribution in [0.2, 0.25) is 0 Å². The molecule has 1 saturated carbocycles. The van der Waals surface area contributed by atoms with Crippen molar-refractivity contribution in [3.8, 4) is 0 Å². The van der Waals surface area contributed by atoms with E-state index >= 15 is 0 Å². The standard InChI is InChI=1S/C14H16N2O/c1-16-7-6-11-8-12(15-9-10-2-3-10)4-5-13(11)14(16)17/h4-8,10,15H,2-3,9H2,1H3. The molecule has 0 aliphatic heterocycles. The van der Waals surface area contributed by atoms with E-state index in [0.717, 1.165) is 28.9 Å². The van der Waals surface area contributed by atoms with Crippen LogP contribution in [0.15, 0.2) is 35.3 Å². The van der Waals surface area contributed by atoms with E-state index in [-0.39, 0.29) is 5.56 Å². The van der Waals surface area contributed by atoms with Gasteiger partial charge in [0.05, 0.1) is 0 Å². The number of pyridine rings is 1. The van der Waals surface area contributed by atoms with E-state index in [4.69, 9.17) is 0 Å². The van der Waals surface area contributed by atoms with Gasteiger partial charge < -0.3 is 9.88 Å². The van der Waals surface area contributed by atoms with Crippen molar-refractivity contribution in [2.75, 3.05) is 11.9 Å². The largest absolute Gasteiger partial charge is 0.385 e. The van der Waals surface area contributed by atoms with Crippen molar-refractivity contribution in [3.63, 3.8) is 0 Å². The van der Waals surface area contributed by atoms with Crippen LogP contribution < -0.4 is 10.9 Å². The molecule has 3 rings (SSSR count). The normalized spacial score (nSPS) is 15.1. The number of hydrogen-bond donors (Lipinski definition) is 1. The first kappa shape index (κ1) is 10.4. The maximum atomic E-state index is 11.9. The van der Waals surface area contributed by atoms with Gasteiger partial charge in [-0.1, -0.05) is 0 Å². The molecule has 1 heterocycles. The minimum Gasteiger partial charge on any atom is -0.385 e. The van der Waals surface area contributed by atoms with Crippen LogP contribution >= 0.6 is 0 Å². The summed E-state index contributed by atoms with van der Waals surface area (Å²) < 4.78 is 1.61. The van der Waals surface area contributed by atoms with Crippen LogP contribution in [0.1, 0.15) is 12.8 Å². The summed E-state index contributed by atoms with van der Waals surface area (Å²) in [6, 6.07) is 7.94. The molecule has 1 fully saturated rings. The molecule has 0 unspecified atom stereocenters. The monoisotopic (exact) mass is 228 g/mol. The third kappa shape index (κ3) is 2.05. The Morgan fingerprint density at radius 1 is 1.35 bits per heavy atom. The van der Waals surface area contributed by atoms with Gasteiger partial charge in [0.2, 0.25) is 0 Å². The molecule has 1 N–H and O–H groups in total. The van der Waals surface area contributed by atoms with Crippen molar-refractivity contribution >= 4 is 16.5 Å². The average molecular weight is 228 g/mol. The van der Waals surface area contributed by atoms with Gasteiger partial charge in [0.15, 0.2) is 0 Å². The Balaban J connectivity index is 1.95. The van der Waals surface area contributed by atoms with Gasteiger partial charge in [-0.05, 0) is 48.4 Å². The van der Waals surface area contributed by atoms with Crippen LogP contribution in [0.3, 0.4) is 0 Å². The average Bonchev–Trinajstić information content (AvgIpc) is 3.15. The summed E-state index contributed by atoms with van der Waals surface area (Å²) in [4.78, 5) is 11.9. The molecule has 0 saturated heterocycles. The highest BCUT2D eigenvalue weighted by molar-refractivity contribution is 5.84. The van der Waals surface area contributed by atoms with E-state index < -0.39 is 0 Å². The highest BCUT2D eigenvalue weighted by Gasteiger charge is 2.20. The number of fused-ring (bicyclic) bond motifs is 1. The molecule has 1 aromatic heterocycles. The Bertz CT molecular complexity index is 611. The summed E-state index contributed by atoms with van der Waals surface area (Å²) in [5.74, 6) is 0.856. The number of anilines is 1. The van der Waals surface area contributed by atoms with Gasteiger partial charge in [-0.3, -0.25) is 4.79 Å². The summed E-state index contributed by atoms with van der Waals surface area (Å²) in [6.07, 6.45) is 4.51. The molecule has 0 amide bonds. The van der Waals surface area contributed by atoms with Gasteiger partial charge in [0.25, 0.3) is 5.56 Å². The van der Waals surface area contributed by atoms with Gasteiger partial charge in [0.1, 0.15) is 0 Å². The molecule has 0 bridgehead atoms. The second-order valence-corrected chi connectivity index (χ2v) is 4.86. The Morgan fingerprint density at radius 2 is 2.18 bits per heavy atom. The molecule has 1 aliphatic carbocycles. The maximum Gasteiger partial charge on any atom is 0.258 e.